The molecule has 0 amide bonds. The monoisotopic (exact) mass is 2190 g/mol. The lowest BCUT2D eigenvalue weighted by Crippen LogP contribution is -2.40. The molecule has 148 heavy (non-hydrogen) atoms. The number of anilines is 16. The number of hydrogen-bond acceptors (Lipinski definition) is 36. The third-order valence-electron chi connectivity index (χ3n) is 24.6. The predicted molar refractivity (Wildman–Crippen MR) is 585 cm³/mol. The third-order valence-corrected chi connectivity index (χ3v) is 34.0. The lowest BCUT2D eigenvalue weighted by atomic mass is 9.87. The van der Waals surface area contributed by atoms with Crippen LogP contribution >= 0.6 is 46.4 Å². The molecule has 16 rings (SSSR count). The number of aryl methyl sites for hydroxylation is 7. The second-order valence-electron chi connectivity index (χ2n) is 39.2. The average molecular weight is 2190 g/mol. The first kappa shape index (κ1) is 114. The predicted octanol–water partition coefficient (Wildman–Crippen LogP) is 18.9. The Kier molecular flexibility index (Phi) is 37.6. The number of hydrogen-bond donors (Lipinski definition) is 12. The van der Waals surface area contributed by atoms with Crippen LogP contribution < -0.4 is 82.7 Å². The molecule has 0 bridgehead atoms. The molecule has 4 aliphatic heterocycles. The summed E-state index contributed by atoms with van der Waals surface area (Å²) < 4.78 is 133. The fourth-order valence-corrected chi connectivity index (χ4v) is 21.7. The standard InChI is InChI=1S/C26H36ClN7O3S.2C25H34ClN7O3S.C24H32ClN7O3S/c1-15(2)37-23-12-19(18-7-9-28-10-8-18)17(5)11-21(23)31-26-29-13-20(27)24(32-26)30-22-14-34(6)33-25(22)38(35,36)16(3)4;1-14(2)36-22-10-18(17-7-8-27-11-17)16(5)9-20(22)30-25-28-12-19(26)23(31-25)29-21-13-33(6)32-24(21)37(34,35)15(3)4;1-15(2)36-22-12-18(17-8-10-27-11-9-17)6-7-20(22)30-25-28-13-19(26)23(31-25)29-21-14-33(5)32-24(21)37(34,35)16(3)4;1-13(2)35-21-8-17(16-9-26-10-16)15(5)7-19(21)29-24-27-11-18(25)22(30-24)28-20-12-32(6)31-23(20)36(33,34)14(3)4/h11-16,18,28H,7-10H2,1-6H3,(H2,29,30,31,32);9-10,12-15,17,27H,7-8,11H2,1-6H3,(H2,28,29,30,31);6-7,12-17,27H,8-11H2,1-5H3,(H2,28,29,30,31);7-8,11-14,16,26H,9-10H2,1-6H3,(H2,27,28,29,30). The van der Waals surface area contributed by atoms with Gasteiger partial charge in [-0.15, -0.1) is 0 Å². The van der Waals surface area contributed by atoms with Gasteiger partial charge in [0.1, 0.15) is 43.1 Å². The van der Waals surface area contributed by atoms with Crippen molar-refractivity contribution in [1.29, 1.82) is 0 Å². The van der Waals surface area contributed by atoms with Gasteiger partial charge >= 0.3 is 0 Å². The van der Waals surface area contributed by atoms with Crippen LogP contribution in [0.4, 0.5) is 92.6 Å². The van der Waals surface area contributed by atoms with Crippen LogP contribution in [0.25, 0.3) is 0 Å². The number of rotatable bonds is 36. The summed E-state index contributed by atoms with van der Waals surface area (Å²) in [6.45, 7) is 42.9. The second kappa shape index (κ2) is 49.0. The van der Waals surface area contributed by atoms with E-state index in [0.29, 0.717) is 40.9 Å². The minimum absolute atomic E-state index is 0.0147. The SMILES string of the molecule is CC(C)Oc1cc(C2CCNCC2)ccc1Nc1ncc(Cl)c(Nc2cn(C)nc2S(=O)(=O)C(C)C)n1.Cc1cc(Nc2ncc(Cl)c(Nc3cn(C)nc3S(=O)(=O)C(C)C)n2)c(OC(C)C)cc1C1CCNC1.Cc1cc(Nc2ncc(Cl)c(Nc3cn(C)nc3S(=O)(=O)C(C)C)n2)c(OC(C)C)cc1C1CCNCC1.Cc1cc(Nc2ncc(Cl)c(Nc3cn(C)nc3S(=O)(=O)C(C)C)n2)c(OC(C)C)cc1C1CNC1. The van der Waals surface area contributed by atoms with Gasteiger partial charge in [-0.25, -0.2) is 53.6 Å². The van der Waals surface area contributed by atoms with Crippen LogP contribution in [-0.2, 0) is 67.5 Å². The van der Waals surface area contributed by atoms with Gasteiger partial charge in [0, 0.05) is 78.5 Å². The quantitative estimate of drug-likeness (QED) is 0.0173. The minimum Gasteiger partial charge on any atom is -0.489 e. The number of sulfone groups is 4. The summed E-state index contributed by atoms with van der Waals surface area (Å²) in [5.41, 5.74) is 12.6. The summed E-state index contributed by atoms with van der Waals surface area (Å²) in [6.07, 6.45) is 17.5. The molecule has 1 unspecified atom stereocenters. The number of piperidine rings is 2. The Morgan fingerprint density at radius 2 is 0.568 bits per heavy atom. The van der Waals surface area contributed by atoms with Crippen LogP contribution in [0.5, 0.6) is 23.0 Å². The third kappa shape index (κ3) is 28.4. The molecule has 12 aromatic rings. The molecule has 4 saturated heterocycles. The highest BCUT2D eigenvalue weighted by Crippen LogP contribution is 2.45. The van der Waals surface area contributed by atoms with Gasteiger partial charge in [-0.05, 0) is 302 Å². The molecule has 4 fully saturated rings. The van der Waals surface area contributed by atoms with Gasteiger partial charge in [0.25, 0.3) is 0 Å². The smallest absolute Gasteiger partial charge is 0.229 e. The maximum absolute atomic E-state index is 12.8. The molecular formula is C100H136Cl4N28O12S4. The number of halogens is 4. The van der Waals surface area contributed by atoms with E-state index in [1.54, 1.807) is 108 Å². The first-order valence-corrected chi connectivity index (χ1v) is 57.0. The zero-order valence-electron chi connectivity index (χ0n) is 87.6. The van der Waals surface area contributed by atoms with Crippen molar-refractivity contribution in [3.8, 4) is 23.0 Å². The van der Waals surface area contributed by atoms with Gasteiger partial charge in [0.2, 0.25) is 83.2 Å². The van der Waals surface area contributed by atoms with Crippen LogP contribution in [0, 0.1) is 20.8 Å². The summed E-state index contributed by atoms with van der Waals surface area (Å²) in [7, 11) is -7.89. The first-order chi connectivity index (χ1) is 69.9. The molecule has 12 N–H and O–H groups in total. The summed E-state index contributed by atoms with van der Waals surface area (Å²) in [4.78, 5) is 35.4. The van der Waals surface area contributed by atoms with E-state index in [4.69, 9.17) is 65.4 Å². The zero-order chi connectivity index (χ0) is 107. The highest BCUT2D eigenvalue weighted by Gasteiger charge is 2.35. The maximum atomic E-state index is 12.8. The Morgan fingerprint density at radius 1 is 0.311 bits per heavy atom. The highest BCUT2D eigenvalue weighted by molar-refractivity contribution is 7.93. The largest absolute Gasteiger partial charge is 0.489 e. The summed E-state index contributed by atoms with van der Waals surface area (Å²) >= 11 is 25.5. The van der Waals surface area contributed by atoms with E-state index in [1.165, 1.54) is 71.3 Å². The number of nitrogens with one attached hydrogen (secondary N) is 12. The fourth-order valence-electron chi connectivity index (χ4n) is 16.7. The normalized spacial score (nSPS) is 15.0. The molecule has 0 spiro atoms. The molecule has 12 heterocycles. The zero-order valence-corrected chi connectivity index (χ0v) is 93.9. The van der Waals surface area contributed by atoms with Gasteiger partial charge in [0.15, 0.2) is 23.3 Å². The lowest BCUT2D eigenvalue weighted by molar-refractivity contribution is 0.243. The van der Waals surface area contributed by atoms with E-state index in [0.717, 1.165) is 130 Å². The van der Waals surface area contributed by atoms with Crippen molar-refractivity contribution in [2.45, 2.75) is 253 Å². The fraction of sp³-hybridized carbons (Fsp3) is 0.480. The van der Waals surface area contributed by atoms with Crippen molar-refractivity contribution < 1.29 is 52.6 Å². The summed E-state index contributed by atoms with van der Waals surface area (Å²) in [6, 6.07) is 18.6. The van der Waals surface area contributed by atoms with Gasteiger partial charge in [0.05, 0.1) is 116 Å². The van der Waals surface area contributed by atoms with Crippen molar-refractivity contribution >= 4 is 178 Å². The van der Waals surface area contributed by atoms with E-state index in [1.807, 2.05) is 73.6 Å². The Morgan fingerprint density at radius 3 is 0.838 bits per heavy atom. The van der Waals surface area contributed by atoms with Crippen molar-refractivity contribution in [1.82, 2.24) is 100 Å². The molecule has 800 valence electrons. The first-order valence-electron chi connectivity index (χ1n) is 49.3. The maximum Gasteiger partial charge on any atom is 0.229 e. The lowest BCUT2D eigenvalue weighted by Gasteiger charge is -2.30. The molecule has 8 aromatic heterocycles. The Balaban J connectivity index is 0.000000165. The number of aromatic nitrogens is 16. The van der Waals surface area contributed by atoms with Crippen molar-refractivity contribution in [2.24, 2.45) is 28.2 Å². The molecule has 40 nitrogen and oxygen atoms in total. The molecule has 48 heteroatoms. The number of ether oxygens (including phenoxy) is 4. The average Bonchev–Trinajstić information content (AvgIpc) is 1.74. The topological polar surface area (TPSA) is 492 Å². The van der Waals surface area contributed by atoms with Crippen LogP contribution in [0.1, 0.15) is 205 Å². The van der Waals surface area contributed by atoms with Gasteiger partial charge in [-0.2, -0.15) is 40.3 Å². The molecule has 1 atom stereocenters. The number of benzene rings is 4. The number of nitrogens with zero attached hydrogens (tertiary/aromatic N) is 16. The van der Waals surface area contributed by atoms with Crippen molar-refractivity contribution in [3.63, 3.8) is 0 Å². The second-order valence-corrected chi connectivity index (χ2v) is 50.5. The Hall–Kier alpha value is -11.6. The van der Waals surface area contributed by atoms with Crippen molar-refractivity contribution in [3.05, 3.63) is 163 Å². The molecule has 4 aromatic carbocycles. The summed E-state index contributed by atoms with van der Waals surface area (Å²) in [5.74, 6) is 6.91. The van der Waals surface area contributed by atoms with Crippen LogP contribution in [-0.4, -0.2) is 210 Å². The van der Waals surface area contributed by atoms with Crippen molar-refractivity contribution in [2.75, 3.05) is 94.9 Å². The van der Waals surface area contributed by atoms with Gasteiger partial charge in [-0.3, -0.25) is 18.7 Å². The molecule has 0 saturated carbocycles. The van der Waals surface area contributed by atoms with E-state index in [9.17, 15) is 33.7 Å². The molecule has 0 aliphatic carbocycles. The molecule has 4 aliphatic rings. The van der Waals surface area contributed by atoms with E-state index < -0.39 is 60.3 Å². The van der Waals surface area contributed by atoms with Gasteiger partial charge in [-0.1, -0.05) is 52.5 Å². The highest BCUT2D eigenvalue weighted by atomic mass is 35.5. The Labute approximate surface area is 887 Å². The van der Waals surface area contributed by atoms with Crippen LogP contribution in [0.2, 0.25) is 20.1 Å². The summed E-state index contributed by atoms with van der Waals surface area (Å²) in [5, 5.41) is 53.5. The molecular weight excluding hydrogens is 2060 g/mol. The van der Waals surface area contributed by atoms with Gasteiger partial charge < -0.3 is 82.7 Å². The Bertz CT molecular complexity index is 7190. The minimum atomic E-state index is -3.63. The van der Waals surface area contributed by atoms with Crippen LogP contribution in [0.15, 0.2) is 124 Å². The van der Waals surface area contributed by atoms with E-state index in [-0.39, 0.29) is 129 Å². The van der Waals surface area contributed by atoms with E-state index >= 15 is 0 Å². The van der Waals surface area contributed by atoms with Crippen LogP contribution in [0.3, 0.4) is 0 Å². The van der Waals surface area contributed by atoms with E-state index in [2.05, 4.69) is 181 Å². The molecule has 0 radical (unpaired) electrons.